The van der Waals surface area contributed by atoms with Gasteiger partial charge < -0.3 is 20.4 Å². The average Bonchev–Trinajstić information content (AvgIpc) is 3.62. The normalized spacial score (nSPS) is 26.0. The molecule has 4 aliphatic heterocycles. The van der Waals surface area contributed by atoms with E-state index in [-0.39, 0.29) is 30.0 Å². The fourth-order valence-electron chi connectivity index (χ4n) is 10.7. The number of aromatic nitrogens is 3. The monoisotopic (exact) mass is 775 g/mol. The molecule has 7 heterocycles. The van der Waals surface area contributed by atoms with Crippen LogP contribution < -0.4 is 31.4 Å². The van der Waals surface area contributed by atoms with Crippen molar-refractivity contribution >= 4 is 78.3 Å². The number of nitrogens with one attached hydrogen (secondary N) is 3. The van der Waals surface area contributed by atoms with Gasteiger partial charge in [0.25, 0.3) is 5.91 Å². The number of imide groups is 1. The van der Waals surface area contributed by atoms with Gasteiger partial charge in [-0.3, -0.25) is 33.7 Å². The highest BCUT2D eigenvalue weighted by Gasteiger charge is 2.50. The van der Waals surface area contributed by atoms with Crippen LogP contribution in [0.2, 0.25) is 0 Å². The topological polar surface area (TPSA) is 137 Å². The van der Waals surface area contributed by atoms with Crippen LogP contribution in [-0.2, 0) is 16.6 Å². The Bertz CT molecular complexity index is 2490. The summed E-state index contributed by atoms with van der Waals surface area (Å²) in [6.07, 6.45) is 5.34. The van der Waals surface area contributed by atoms with Gasteiger partial charge in [0.15, 0.2) is 0 Å². The van der Waals surface area contributed by atoms with Gasteiger partial charge in [0.2, 0.25) is 11.8 Å². The smallest absolute Gasteiger partial charge is 0.329 e. The number of carbonyl (C=O) groups excluding carboxylic acids is 3. The number of carbonyl (C=O) groups is 3. The van der Waals surface area contributed by atoms with E-state index >= 15 is 0 Å². The maximum atomic E-state index is 13.3. The summed E-state index contributed by atoms with van der Waals surface area (Å²) in [6.45, 7) is 11.3. The zero-order chi connectivity index (χ0) is 38.6. The van der Waals surface area contributed by atoms with E-state index in [1.165, 1.54) is 12.8 Å². The third-order valence-corrected chi connectivity index (χ3v) is 14.7. The first-order chi connectivity index (χ1) is 27.0. The summed E-state index contributed by atoms with van der Waals surface area (Å²) in [6, 6.07) is 15.5. The predicted molar refractivity (Wildman–Crippen MR) is 221 cm³/mol. The summed E-state index contributed by atoms with van der Waals surface area (Å²) in [7, 11) is 1.76. The van der Waals surface area contributed by atoms with Gasteiger partial charge in [0.1, 0.15) is 16.7 Å². The van der Waals surface area contributed by atoms with Gasteiger partial charge in [0, 0.05) is 91.5 Å². The Labute approximate surface area is 329 Å². The average molecular weight is 776 g/mol. The Hall–Kier alpha value is -4.95. The zero-order valence-electron chi connectivity index (χ0n) is 32.4. The molecule has 1 aliphatic carbocycles. The van der Waals surface area contributed by atoms with E-state index in [9.17, 15) is 19.2 Å². The van der Waals surface area contributed by atoms with Crippen molar-refractivity contribution < 1.29 is 14.4 Å². The molecule has 5 aliphatic rings. The van der Waals surface area contributed by atoms with Crippen LogP contribution in [0.25, 0.3) is 32.0 Å². The first-order valence-corrected chi connectivity index (χ1v) is 21.0. The molecule has 10 rings (SSSR count). The molecule has 4 fully saturated rings. The zero-order valence-corrected chi connectivity index (χ0v) is 33.2. The molecule has 3 aromatic heterocycles. The maximum Gasteiger partial charge on any atom is 0.329 e. The molecule has 1 unspecified atom stereocenters. The lowest BCUT2D eigenvalue weighted by Crippen LogP contribution is -2.65. The van der Waals surface area contributed by atoms with Gasteiger partial charge in [-0.05, 0) is 101 Å². The summed E-state index contributed by atoms with van der Waals surface area (Å²) < 4.78 is 4.27. The van der Waals surface area contributed by atoms with Gasteiger partial charge >= 0.3 is 5.69 Å². The number of aryl methyl sites for hydroxylation is 1. The fraction of sp³-hybridized carbons (Fsp3) is 0.500. The van der Waals surface area contributed by atoms with Crippen molar-refractivity contribution in [2.45, 2.75) is 89.5 Å². The second-order valence-electron chi connectivity index (χ2n) is 17.2. The third kappa shape index (κ3) is 5.61. The van der Waals surface area contributed by atoms with Crippen molar-refractivity contribution in [1.82, 2.24) is 29.7 Å². The van der Waals surface area contributed by atoms with Crippen LogP contribution in [0, 0.1) is 5.41 Å². The van der Waals surface area contributed by atoms with Crippen LogP contribution in [-0.4, -0.2) is 93.6 Å². The summed E-state index contributed by atoms with van der Waals surface area (Å²) in [5.74, 6) is 0.308. The number of nitrogens with zero attached hydrogens (tertiary/aromatic N) is 6. The molecule has 2 aromatic carbocycles. The summed E-state index contributed by atoms with van der Waals surface area (Å²) >= 11 is 1.55. The molecular formula is C42H49N9O4S. The molecule has 56 heavy (non-hydrogen) atoms. The fourth-order valence-corrected chi connectivity index (χ4v) is 11.8. The lowest BCUT2D eigenvalue weighted by atomic mass is 9.59. The number of hydrogen-bond acceptors (Lipinski definition) is 10. The molecular weight excluding hydrogens is 727 g/mol. The van der Waals surface area contributed by atoms with Crippen molar-refractivity contribution in [2.24, 2.45) is 12.5 Å². The number of thiophene rings is 1. The van der Waals surface area contributed by atoms with E-state index in [1.807, 2.05) is 13.0 Å². The number of amides is 3. The van der Waals surface area contributed by atoms with Gasteiger partial charge in [-0.1, -0.05) is 0 Å². The van der Waals surface area contributed by atoms with E-state index in [2.05, 4.69) is 80.9 Å². The maximum absolute atomic E-state index is 13.3. The number of piperazine rings is 1. The van der Waals surface area contributed by atoms with Crippen molar-refractivity contribution in [3.05, 3.63) is 57.8 Å². The van der Waals surface area contributed by atoms with Gasteiger partial charge in [-0.15, -0.1) is 11.3 Å². The van der Waals surface area contributed by atoms with E-state index in [0.717, 1.165) is 93.1 Å². The van der Waals surface area contributed by atoms with E-state index in [0.29, 0.717) is 36.5 Å². The number of hydrogen-bond donors (Lipinski definition) is 3. The van der Waals surface area contributed by atoms with Crippen molar-refractivity contribution in [3.63, 3.8) is 0 Å². The molecule has 292 valence electrons. The lowest BCUT2D eigenvalue weighted by Gasteiger charge is -2.59. The minimum absolute atomic E-state index is 0.00858. The number of rotatable bonds is 4. The standard InChI is InChI=1S/C42H49N9O4S/c1-23-20-43-37-36-28-6-11-34(45-29(28)7-10-33(36)56-38(37)40(54)44-23)49-21-24(2)50(25(3)22-49)27-18-42(19-27)13-15-48(16-14-42)26-5-8-30-32(17-26)47(4)41(55)51(30)31-9-12-35(52)46-39(31)53/h5-8,10-11,17,23-25,27,31,43H,9,12-16,18-22H2,1-4H3,(H,44,54)(H,46,52,53)/t23-,24-,25+,31?/m1/s1. The van der Waals surface area contributed by atoms with Crippen LogP contribution in [0.15, 0.2) is 47.3 Å². The Morgan fingerprint density at radius 1 is 0.893 bits per heavy atom. The highest BCUT2D eigenvalue weighted by molar-refractivity contribution is 7.21. The molecule has 1 spiro atoms. The molecule has 3 N–H and O–H groups in total. The quantitative estimate of drug-likeness (QED) is 0.216. The predicted octanol–water partition coefficient (Wildman–Crippen LogP) is 4.97. The first kappa shape index (κ1) is 35.5. The second-order valence-corrected chi connectivity index (χ2v) is 18.2. The number of imidazole rings is 1. The van der Waals surface area contributed by atoms with Gasteiger partial charge in [-0.25, -0.2) is 9.78 Å². The van der Waals surface area contributed by atoms with Crippen molar-refractivity contribution in [3.8, 4) is 0 Å². The minimum atomic E-state index is -0.678. The number of anilines is 3. The van der Waals surface area contributed by atoms with Crippen LogP contribution in [0.4, 0.5) is 17.2 Å². The SMILES string of the molecule is C[C@@H]1CNc2c(sc3ccc4nc(N5C[C@@H](C)N(C6CC7(CCN(c8ccc9c(c8)n(C)c(=O)n9C8CCC(=O)NC8=O)CC7)C6)[C@@H](C)C5)ccc4c23)C(=O)N1. The van der Waals surface area contributed by atoms with Crippen molar-refractivity contribution in [2.75, 3.05) is 47.8 Å². The van der Waals surface area contributed by atoms with Crippen LogP contribution in [0.1, 0.15) is 75.0 Å². The molecule has 14 heteroatoms. The molecule has 0 bridgehead atoms. The summed E-state index contributed by atoms with van der Waals surface area (Å²) in [5, 5.41) is 11.2. The Kier molecular flexibility index (Phi) is 8.27. The van der Waals surface area contributed by atoms with Crippen LogP contribution in [0.5, 0.6) is 0 Å². The van der Waals surface area contributed by atoms with E-state index < -0.39 is 11.9 Å². The first-order valence-electron chi connectivity index (χ1n) is 20.2. The molecule has 3 saturated heterocycles. The Morgan fingerprint density at radius 3 is 2.41 bits per heavy atom. The Morgan fingerprint density at radius 2 is 1.66 bits per heavy atom. The summed E-state index contributed by atoms with van der Waals surface area (Å²) in [5.41, 5.74) is 4.67. The minimum Gasteiger partial charge on any atom is -0.381 e. The number of benzene rings is 2. The highest BCUT2D eigenvalue weighted by Crippen LogP contribution is 2.52. The number of pyridine rings is 1. The molecule has 5 aromatic rings. The number of fused-ring (bicyclic) bond motifs is 6. The second kappa shape index (κ2) is 13.1. The van der Waals surface area contributed by atoms with E-state index in [1.54, 1.807) is 27.5 Å². The summed E-state index contributed by atoms with van der Waals surface area (Å²) in [4.78, 5) is 64.2. The lowest BCUT2D eigenvalue weighted by molar-refractivity contribution is -0.135. The largest absolute Gasteiger partial charge is 0.381 e. The van der Waals surface area contributed by atoms with Crippen molar-refractivity contribution in [1.29, 1.82) is 0 Å². The Balaban J connectivity index is 0.791. The van der Waals surface area contributed by atoms with Gasteiger partial charge in [0.05, 0.1) is 22.2 Å². The van der Waals surface area contributed by atoms with Crippen LogP contribution >= 0.6 is 11.3 Å². The molecule has 4 atom stereocenters. The highest BCUT2D eigenvalue weighted by atomic mass is 32.1. The van der Waals surface area contributed by atoms with Crippen LogP contribution in [0.3, 0.4) is 0 Å². The molecule has 13 nitrogen and oxygen atoms in total. The van der Waals surface area contributed by atoms with E-state index in [4.69, 9.17) is 4.98 Å². The molecule has 1 saturated carbocycles. The van der Waals surface area contributed by atoms with Gasteiger partial charge in [-0.2, -0.15) is 0 Å². The molecule has 0 radical (unpaired) electrons. The molecule has 3 amide bonds. The third-order valence-electron chi connectivity index (χ3n) is 13.5. The number of piperidine rings is 2.